The van der Waals surface area contributed by atoms with Crippen LogP contribution in [-0.2, 0) is 9.53 Å². The smallest absolute Gasteiger partial charge is 0.264 e. The molecule has 0 spiro atoms. The fourth-order valence-corrected chi connectivity index (χ4v) is 7.82. The number of piperidine rings is 2. The molecule has 4 aliphatic rings. The Balaban J connectivity index is 1.26. The van der Waals surface area contributed by atoms with Crippen LogP contribution in [0.4, 0.5) is 5.69 Å². The van der Waals surface area contributed by atoms with Gasteiger partial charge in [-0.25, -0.2) is 0 Å². The van der Waals surface area contributed by atoms with Gasteiger partial charge in [-0.2, -0.15) is 0 Å². The van der Waals surface area contributed by atoms with E-state index in [-0.39, 0.29) is 30.7 Å². The number of benzene rings is 2. The Morgan fingerprint density at radius 2 is 1.77 bits per heavy atom. The van der Waals surface area contributed by atoms with Gasteiger partial charge in [0.15, 0.2) is 11.5 Å². The number of rotatable bonds is 11. The average Bonchev–Trinajstić information content (AvgIpc) is 3.35. The van der Waals surface area contributed by atoms with E-state index in [1.54, 1.807) is 41.2 Å². The lowest BCUT2D eigenvalue weighted by Gasteiger charge is -2.46. The van der Waals surface area contributed by atoms with Crippen LogP contribution in [0.5, 0.6) is 11.5 Å². The summed E-state index contributed by atoms with van der Waals surface area (Å²) in [6, 6.07) is 11.3. The molecule has 1 unspecified atom stereocenters. The second kappa shape index (κ2) is 13.2. The molecule has 4 aliphatic heterocycles. The molecule has 10 nitrogen and oxygen atoms in total. The summed E-state index contributed by atoms with van der Waals surface area (Å²) in [5.41, 5.74) is 2.05. The molecule has 2 aromatic carbocycles. The molecule has 0 bridgehead atoms. The zero-order valence-electron chi connectivity index (χ0n) is 26.1. The fourth-order valence-electron chi connectivity index (χ4n) is 7.82. The maximum Gasteiger partial charge on any atom is 0.264 e. The number of ether oxygens (including phenoxy) is 3. The molecular formula is C34H44N4O6. The third-order valence-corrected chi connectivity index (χ3v) is 9.86. The second-order valence-electron chi connectivity index (χ2n) is 12.3. The third-order valence-electron chi connectivity index (χ3n) is 9.86. The van der Waals surface area contributed by atoms with Gasteiger partial charge in [-0.15, -0.1) is 0 Å². The first-order chi connectivity index (χ1) is 21.5. The largest absolute Gasteiger partial charge is 0.493 e. The molecule has 0 saturated carbocycles. The number of carbonyl (C=O) groups is 3. The Morgan fingerprint density at radius 3 is 2.57 bits per heavy atom. The quantitative estimate of drug-likeness (QED) is 0.353. The predicted molar refractivity (Wildman–Crippen MR) is 166 cm³/mol. The first kappa shape index (κ1) is 30.4. The molecule has 2 fully saturated rings. The van der Waals surface area contributed by atoms with Gasteiger partial charge < -0.3 is 28.9 Å². The van der Waals surface area contributed by atoms with Gasteiger partial charge in [0.25, 0.3) is 11.8 Å². The molecule has 6 rings (SSSR count). The van der Waals surface area contributed by atoms with Crippen LogP contribution in [0.2, 0.25) is 0 Å². The molecule has 3 amide bonds. The van der Waals surface area contributed by atoms with Gasteiger partial charge >= 0.3 is 0 Å². The minimum atomic E-state index is -0.677. The minimum Gasteiger partial charge on any atom is -0.493 e. The molecule has 0 aromatic heterocycles. The number of anilines is 1. The van der Waals surface area contributed by atoms with Gasteiger partial charge in [-0.05, 0) is 69.3 Å². The van der Waals surface area contributed by atoms with Crippen molar-refractivity contribution in [2.45, 2.75) is 57.2 Å². The van der Waals surface area contributed by atoms with Crippen molar-refractivity contribution in [1.82, 2.24) is 14.7 Å². The van der Waals surface area contributed by atoms with Crippen molar-refractivity contribution in [3.05, 3.63) is 53.1 Å². The molecule has 2 saturated heterocycles. The second-order valence-corrected chi connectivity index (χ2v) is 12.3. The van der Waals surface area contributed by atoms with Crippen LogP contribution in [0.1, 0.15) is 77.4 Å². The predicted octanol–water partition coefficient (Wildman–Crippen LogP) is 4.34. The summed E-state index contributed by atoms with van der Waals surface area (Å²) in [4.78, 5) is 49.9. The lowest BCUT2D eigenvalue weighted by molar-refractivity contribution is -0.133. The van der Waals surface area contributed by atoms with Gasteiger partial charge in [0.2, 0.25) is 5.91 Å². The number of nitrogens with zero attached hydrogens (tertiary/aromatic N) is 4. The third kappa shape index (κ3) is 5.43. The highest BCUT2D eigenvalue weighted by Crippen LogP contribution is 2.49. The van der Waals surface area contributed by atoms with Gasteiger partial charge in [0.1, 0.15) is 6.17 Å². The zero-order chi connectivity index (χ0) is 30.8. The summed E-state index contributed by atoms with van der Waals surface area (Å²) in [5.74, 6) is 0.833. The monoisotopic (exact) mass is 604 g/mol. The number of methoxy groups -OCH3 is 3. The van der Waals surface area contributed by atoms with E-state index in [2.05, 4.69) is 4.90 Å². The van der Waals surface area contributed by atoms with Crippen molar-refractivity contribution in [3.8, 4) is 11.5 Å². The summed E-state index contributed by atoms with van der Waals surface area (Å²) < 4.78 is 16.4. The number of para-hydroxylation sites is 1. The highest BCUT2D eigenvalue weighted by molar-refractivity contribution is 6.18. The maximum atomic E-state index is 14.0. The Morgan fingerprint density at radius 1 is 0.955 bits per heavy atom. The van der Waals surface area contributed by atoms with Crippen LogP contribution in [0.25, 0.3) is 0 Å². The molecule has 236 valence electrons. The summed E-state index contributed by atoms with van der Waals surface area (Å²) in [5, 5.41) is 0. The van der Waals surface area contributed by atoms with Gasteiger partial charge in [-0.3, -0.25) is 19.3 Å². The average molecular weight is 605 g/mol. The van der Waals surface area contributed by atoms with Crippen LogP contribution >= 0.6 is 0 Å². The van der Waals surface area contributed by atoms with Gasteiger partial charge in [0.05, 0.1) is 31.0 Å². The highest BCUT2D eigenvalue weighted by atomic mass is 16.5. The number of carbonyl (C=O) groups excluding carboxylic acids is 3. The molecule has 2 aromatic rings. The SMILES string of the molecule is COCCCN(C[C@@H]1CCCN2CCCC[C@H]12)C(=O)CCN1C(=O)c2ccccc2N2C(=O)c3c(ccc(OC)c3OC)C12. The van der Waals surface area contributed by atoms with Crippen molar-refractivity contribution in [2.24, 2.45) is 5.92 Å². The van der Waals surface area contributed by atoms with Crippen molar-refractivity contribution in [1.29, 1.82) is 0 Å². The first-order valence-electron chi connectivity index (χ1n) is 16.0. The van der Waals surface area contributed by atoms with Gasteiger partial charge in [0, 0.05) is 51.4 Å². The van der Waals surface area contributed by atoms with Crippen LogP contribution in [0.15, 0.2) is 36.4 Å². The van der Waals surface area contributed by atoms with E-state index in [0.29, 0.717) is 59.0 Å². The first-order valence-corrected chi connectivity index (χ1v) is 16.0. The Bertz CT molecular complexity index is 1400. The molecule has 10 heteroatoms. The summed E-state index contributed by atoms with van der Waals surface area (Å²) in [6.07, 6.45) is 6.27. The number of hydrogen-bond acceptors (Lipinski definition) is 7. The Labute approximate surface area is 259 Å². The van der Waals surface area contributed by atoms with E-state index in [1.807, 2.05) is 17.0 Å². The number of hydrogen-bond donors (Lipinski definition) is 0. The van der Waals surface area contributed by atoms with Crippen LogP contribution in [0, 0.1) is 5.92 Å². The number of fused-ring (bicyclic) bond motifs is 6. The topological polar surface area (TPSA) is 91.9 Å². The summed E-state index contributed by atoms with van der Waals surface area (Å²) >= 11 is 0. The number of amides is 3. The minimum absolute atomic E-state index is 0.0316. The van der Waals surface area contributed by atoms with E-state index in [9.17, 15) is 14.4 Å². The maximum absolute atomic E-state index is 14.0. The van der Waals surface area contributed by atoms with E-state index in [0.717, 1.165) is 32.5 Å². The van der Waals surface area contributed by atoms with Crippen molar-refractivity contribution >= 4 is 23.4 Å². The Hall–Kier alpha value is -3.63. The Kier molecular flexibility index (Phi) is 9.09. The van der Waals surface area contributed by atoms with Crippen LogP contribution in [0.3, 0.4) is 0 Å². The lowest BCUT2D eigenvalue weighted by atomic mass is 9.83. The summed E-state index contributed by atoms with van der Waals surface area (Å²) in [7, 11) is 4.73. The summed E-state index contributed by atoms with van der Waals surface area (Å²) in [6.45, 7) is 4.45. The van der Waals surface area contributed by atoms with E-state index < -0.39 is 6.17 Å². The van der Waals surface area contributed by atoms with E-state index in [4.69, 9.17) is 14.2 Å². The van der Waals surface area contributed by atoms with Crippen molar-refractivity contribution in [2.75, 3.05) is 65.6 Å². The molecule has 3 atom stereocenters. The standard InChI is InChI=1S/C34H44N4O6/c1-42-21-9-19-36(22-23-10-8-18-35-17-7-6-12-26(23)35)29(39)16-20-37-32-25-14-15-28(43-2)31(44-3)30(25)34(41)38(32)27-13-5-4-11-24(27)33(37)40/h4-5,11,13-15,23,26,32H,6-10,12,16-22H2,1-3H3/t23-,26+,32?/m0/s1. The molecule has 0 aliphatic carbocycles. The highest BCUT2D eigenvalue weighted by Gasteiger charge is 2.49. The molecule has 0 N–H and O–H groups in total. The zero-order valence-corrected chi connectivity index (χ0v) is 26.1. The van der Waals surface area contributed by atoms with E-state index in [1.165, 1.54) is 39.9 Å². The molecule has 4 heterocycles. The van der Waals surface area contributed by atoms with Gasteiger partial charge in [-0.1, -0.05) is 24.6 Å². The normalized spacial score (nSPS) is 22.7. The molecular weight excluding hydrogens is 560 g/mol. The van der Waals surface area contributed by atoms with Crippen LogP contribution in [-0.4, -0.2) is 99.1 Å². The lowest BCUT2D eigenvalue weighted by Crippen LogP contribution is -2.52. The van der Waals surface area contributed by atoms with Crippen molar-refractivity contribution in [3.63, 3.8) is 0 Å². The molecule has 0 radical (unpaired) electrons. The fraction of sp³-hybridized carbons (Fsp3) is 0.559. The molecule has 44 heavy (non-hydrogen) atoms. The van der Waals surface area contributed by atoms with E-state index >= 15 is 0 Å². The van der Waals surface area contributed by atoms with Crippen LogP contribution < -0.4 is 14.4 Å². The van der Waals surface area contributed by atoms with Crippen molar-refractivity contribution < 1.29 is 28.6 Å².